The molecule has 254 valence electrons. The van der Waals surface area contributed by atoms with E-state index in [-0.39, 0.29) is 25.1 Å². The molecule has 0 aromatic heterocycles. The summed E-state index contributed by atoms with van der Waals surface area (Å²) in [6, 6.07) is 12.4. The summed E-state index contributed by atoms with van der Waals surface area (Å²) >= 11 is 6.34. The van der Waals surface area contributed by atoms with Crippen molar-refractivity contribution in [3.63, 3.8) is 0 Å². The van der Waals surface area contributed by atoms with Gasteiger partial charge in [-0.3, -0.25) is 4.79 Å². The van der Waals surface area contributed by atoms with Gasteiger partial charge in [0.15, 0.2) is 0 Å². The number of methoxy groups -OCH3 is 1. The Morgan fingerprint density at radius 3 is 2.43 bits per heavy atom. The molecule has 0 radical (unpaired) electrons. The molecule has 2 N–H and O–H groups in total. The topological polar surface area (TPSA) is 115 Å². The number of rotatable bonds is 14. The highest BCUT2D eigenvalue weighted by molar-refractivity contribution is 6.30. The quantitative estimate of drug-likeness (QED) is 0.207. The van der Waals surface area contributed by atoms with E-state index in [2.05, 4.69) is 15.4 Å². The third kappa shape index (κ3) is 12.4. The number of benzene rings is 2. The minimum atomic E-state index is -0.624. The molecule has 0 heterocycles. The van der Waals surface area contributed by atoms with Crippen LogP contribution >= 0.6 is 11.6 Å². The Hall–Kier alpha value is -3.50. The van der Waals surface area contributed by atoms with Gasteiger partial charge < -0.3 is 34.5 Å². The molecule has 2 unspecified atom stereocenters. The van der Waals surface area contributed by atoms with Crippen molar-refractivity contribution in [2.45, 2.75) is 84.0 Å². The van der Waals surface area contributed by atoms with Crippen LogP contribution in [0.1, 0.15) is 93.8 Å². The Morgan fingerprint density at radius 2 is 1.78 bits per heavy atom. The molecule has 2 aromatic rings. The molecule has 1 saturated carbocycles. The first-order valence-corrected chi connectivity index (χ1v) is 16.5. The van der Waals surface area contributed by atoms with Crippen molar-refractivity contribution in [3.8, 4) is 5.75 Å². The maximum atomic E-state index is 13.9. The van der Waals surface area contributed by atoms with Gasteiger partial charge in [-0.1, -0.05) is 55.8 Å². The van der Waals surface area contributed by atoms with Crippen LogP contribution in [0.25, 0.3) is 0 Å². The van der Waals surface area contributed by atoms with Crippen LogP contribution in [-0.2, 0) is 14.2 Å². The van der Waals surface area contributed by atoms with E-state index in [1.54, 1.807) is 31.3 Å². The fourth-order valence-electron chi connectivity index (χ4n) is 5.63. The second-order valence-corrected chi connectivity index (χ2v) is 13.2. The molecule has 46 heavy (non-hydrogen) atoms. The van der Waals surface area contributed by atoms with E-state index in [4.69, 9.17) is 25.8 Å². The second-order valence-electron chi connectivity index (χ2n) is 12.7. The van der Waals surface area contributed by atoms with E-state index < -0.39 is 23.9 Å². The highest BCUT2D eigenvalue weighted by atomic mass is 35.5. The second kappa shape index (κ2) is 18.0. The monoisotopic (exact) mass is 659 g/mol. The molecule has 1 aliphatic rings. The van der Waals surface area contributed by atoms with Gasteiger partial charge in [0.1, 0.15) is 17.5 Å². The van der Waals surface area contributed by atoms with Gasteiger partial charge in [0.2, 0.25) is 0 Å². The first-order valence-electron chi connectivity index (χ1n) is 16.1. The molecule has 1 fully saturated rings. The zero-order valence-electron chi connectivity index (χ0n) is 28.0. The predicted octanol–water partition coefficient (Wildman–Crippen LogP) is 7.14. The number of halogens is 1. The van der Waals surface area contributed by atoms with Crippen LogP contribution in [0.5, 0.6) is 5.75 Å². The number of nitrogens with one attached hydrogen (secondary N) is 2. The van der Waals surface area contributed by atoms with E-state index in [1.807, 2.05) is 45.9 Å². The number of amides is 3. The molecule has 3 rings (SSSR count). The number of nitrogens with zero attached hydrogens (tertiary/aromatic N) is 1. The maximum absolute atomic E-state index is 13.9. The van der Waals surface area contributed by atoms with Crippen molar-refractivity contribution in [2.75, 3.05) is 40.5 Å². The van der Waals surface area contributed by atoms with Crippen LogP contribution in [0.2, 0.25) is 5.02 Å². The first-order chi connectivity index (χ1) is 21.9. The lowest BCUT2D eigenvalue weighted by Crippen LogP contribution is -2.46. The van der Waals surface area contributed by atoms with E-state index in [0.717, 1.165) is 24.8 Å². The number of likely N-dealkylation sites (N-methyl/N-ethyl adjacent to an activating group) is 1. The lowest BCUT2D eigenvalue weighted by atomic mass is 9.84. The van der Waals surface area contributed by atoms with Crippen molar-refractivity contribution in [1.82, 2.24) is 15.5 Å². The third-order valence-electron chi connectivity index (χ3n) is 7.67. The average Bonchev–Trinajstić information content (AvgIpc) is 3.00. The van der Waals surface area contributed by atoms with E-state index >= 15 is 0 Å². The van der Waals surface area contributed by atoms with Crippen LogP contribution in [0.3, 0.4) is 0 Å². The number of carbonyl (C=O) groups excluding carboxylic acids is 3. The van der Waals surface area contributed by atoms with Crippen molar-refractivity contribution in [3.05, 3.63) is 64.2 Å². The predicted molar refractivity (Wildman–Crippen MR) is 179 cm³/mol. The molecule has 0 spiro atoms. The lowest BCUT2D eigenvalue weighted by molar-refractivity contribution is 0.0274. The summed E-state index contributed by atoms with van der Waals surface area (Å²) in [5.41, 5.74) is 1.24. The van der Waals surface area contributed by atoms with E-state index in [1.165, 1.54) is 31.3 Å². The van der Waals surface area contributed by atoms with Crippen LogP contribution < -0.4 is 15.4 Å². The van der Waals surface area contributed by atoms with Gasteiger partial charge in [-0.25, -0.2) is 9.59 Å². The van der Waals surface area contributed by atoms with Crippen molar-refractivity contribution < 1.29 is 33.3 Å². The summed E-state index contributed by atoms with van der Waals surface area (Å²) in [7, 11) is 3.00. The molecule has 2 aromatic carbocycles. The number of carbonyl (C=O) groups is 3. The summed E-state index contributed by atoms with van der Waals surface area (Å²) in [5.74, 6) is 0.706. The summed E-state index contributed by atoms with van der Waals surface area (Å²) in [4.78, 5) is 39.9. The fourth-order valence-corrected chi connectivity index (χ4v) is 5.83. The molecule has 0 aliphatic heterocycles. The molecular formula is C35H50ClN3O7. The summed E-state index contributed by atoms with van der Waals surface area (Å²) < 4.78 is 22.4. The van der Waals surface area contributed by atoms with E-state index in [0.29, 0.717) is 41.0 Å². The largest absolute Gasteiger partial charge is 0.494 e. The molecule has 1 aliphatic carbocycles. The fraction of sp³-hybridized carbons (Fsp3) is 0.571. The van der Waals surface area contributed by atoms with Gasteiger partial charge in [-0.05, 0) is 81.5 Å². The summed E-state index contributed by atoms with van der Waals surface area (Å²) in [6.07, 6.45) is 4.96. The normalized spacial score (nSPS) is 14.9. The Labute approximate surface area is 278 Å². The van der Waals surface area contributed by atoms with Crippen LogP contribution in [0.15, 0.2) is 42.5 Å². The zero-order valence-corrected chi connectivity index (χ0v) is 28.8. The molecule has 11 heteroatoms. The lowest BCUT2D eigenvalue weighted by Gasteiger charge is -2.31. The molecule has 2 atom stereocenters. The third-order valence-corrected chi connectivity index (χ3v) is 7.91. The van der Waals surface area contributed by atoms with Gasteiger partial charge >= 0.3 is 12.2 Å². The number of hydrogen-bond acceptors (Lipinski definition) is 7. The minimum Gasteiger partial charge on any atom is -0.494 e. The number of ether oxygens (including phenoxy) is 4. The highest BCUT2D eigenvalue weighted by Gasteiger charge is 2.27. The zero-order chi connectivity index (χ0) is 33.7. The average molecular weight is 660 g/mol. The minimum absolute atomic E-state index is 0.174. The Kier molecular flexibility index (Phi) is 14.5. The SMILES string of the molecule is CCOc1cc(C(=O)NC(CC2CCCCC2)CN(C)C(=O)OC(C)(C)C)cc(C(OCCNC(=O)OC)c2cccc(Cl)c2)c1. The van der Waals surface area contributed by atoms with Crippen LogP contribution in [0.4, 0.5) is 9.59 Å². The molecular weight excluding hydrogens is 610 g/mol. The van der Waals surface area contributed by atoms with Crippen LogP contribution in [-0.4, -0.2) is 75.1 Å². The standard InChI is InChI=1S/C35H50ClN3O7/c1-7-44-30-21-26(31(25-14-11-15-28(36)20-25)45-17-16-37-33(41)43-6)19-27(22-30)32(40)38-29(18-24-12-9-8-10-13-24)23-39(5)34(42)46-35(2,3)4/h11,14-15,19-22,24,29,31H,7-10,12-13,16-18,23H2,1-6H3,(H,37,41)(H,38,40). The maximum Gasteiger partial charge on any atom is 0.410 e. The van der Waals surface area contributed by atoms with Crippen molar-refractivity contribution in [2.24, 2.45) is 5.92 Å². The van der Waals surface area contributed by atoms with Gasteiger partial charge in [0.25, 0.3) is 5.91 Å². The van der Waals surface area contributed by atoms with Gasteiger partial charge in [-0.15, -0.1) is 0 Å². The Balaban J connectivity index is 1.90. The number of alkyl carbamates (subject to hydrolysis) is 1. The van der Waals surface area contributed by atoms with Crippen molar-refractivity contribution in [1.29, 1.82) is 0 Å². The molecule has 10 nitrogen and oxygen atoms in total. The van der Waals surface area contributed by atoms with Gasteiger partial charge in [-0.2, -0.15) is 0 Å². The summed E-state index contributed by atoms with van der Waals surface area (Å²) in [6.45, 7) is 8.49. The molecule has 0 saturated heterocycles. The smallest absolute Gasteiger partial charge is 0.410 e. The van der Waals surface area contributed by atoms with Crippen molar-refractivity contribution >= 4 is 29.7 Å². The summed E-state index contributed by atoms with van der Waals surface area (Å²) in [5, 5.41) is 6.37. The van der Waals surface area contributed by atoms with Gasteiger partial charge in [0, 0.05) is 36.8 Å². The molecule has 0 bridgehead atoms. The van der Waals surface area contributed by atoms with E-state index in [9.17, 15) is 14.4 Å². The van der Waals surface area contributed by atoms with Gasteiger partial charge in [0.05, 0.1) is 20.3 Å². The Morgan fingerprint density at radius 1 is 1.04 bits per heavy atom. The number of hydrogen-bond donors (Lipinski definition) is 2. The first kappa shape index (κ1) is 37.0. The molecule has 3 amide bonds. The van der Waals surface area contributed by atoms with Crippen LogP contribution in [0, 0.1) is 5.92 Å². The Bertz CT molecular complexity index is 1290. The highest BCUT2D eigenvalue weighted by Crippen LogP contribution is 2.32.